The number of hydrogen-bond acceptors (Lipinski definition) is 3. The van der Waals surface area contributed by atoms with Crippen molar-refractivity contribution in [3.05, 3.63) is 138 Å². The summed E-state index contributed by atoms with van der Waals surface area (Å²) in [7, 11) is -1.27. The van der Waals surface area contributed by atoms with Gasteiger partial charge in [0, 0.05) is 37.2 Å². The van der Waals surface area contributed by atoms with Gasteiger partial charge in [0.15, 0.2) is 0 Å². The van der Waals surface area contributed by atoms with E-state index < -0.39 is 8.07 Å². The molecule has 7 rings (SSSR count). The minimum absolute atomic E-state index is 0. The predicted molar refractivity (Wildman–Crippen MR) is 211 cm³/mol. The van der Waals surface area contributed by atoms with Crippen LogP contribution in [0.15, 0.2) is 109 Å². The molecule has 2 nitrogen and oxygen atoms in total. The quantitative estimate of drug-likeness (QED) is 0.127. The van der Waals surface area contributed by atoms with Gasteiger partial charge in [0.05, 0.1) is 8.07 Å². The fraction of sp³-hybridized carbons (Fsp3) is 0.227. The van der Waals surface area contributed by atoms with Crippen LogP contribution in [-0.4, -0.2) is 18.0 Å². The van der Waals surface area contributed by atoms with Crippen LogP contribution in [0.25, 0.3) is 53.8 Å². The minimum Gasteiger partial charge on any atom is -0.305 e. The first-order valence-electron chi connectivity index (χ1n) is 16.7. The maximum Gasteiger partial charge on any atom is 0.0798 e. The average molecular weight is 853 g/mol. The van der Waals surface area contributed by atoms with Crippen LogP contribution in [0.4, 0.5) is 0 Å². The summed E-state index contributed by atoms with van der Waals surface area (Å²) in [5, 5.41) is 4.05. The van der Waals surface area contributed by atoms with Crippen LogP contribution >= 0.6 is 11.3 Å². The number of benzene rings is 4. The molecule has 1 radical (unpaired) electrons. The molecule has 3 heterocycles. The second-order valence-electron chi connectivity index (χ2n) is 14.9. The van der Waals surface area contributed by atoms with Crippen molar-refractivity contribution >= 4 is 44.8 Å². The van der Waals surface area contributed by atoms with Crippen LogP contribution in [0, 0.1) is 31.4 Å². The van der Waals surface area contributed by atoms with Gasteiger partial charge >= 0.3 is 0 Å². The molecule has 0 unspecified atom stereocenters. The molecule has 0 atom stereocenters. The van der Waals surface area contributed by atoms with Crippen molar-refractivity contribution in [2.24, 2.45) is 5.41 Å². The summed E-state index contributed by atoms with van der Waals surface area (Å²) < 4.78 is 2.57. The first-order chi connectivity index (χ1) is 22.9. The molecule has 0 saturated heterocycles. The molecule has 49 heavy (non-hydrogen) atoms. The first-order valence-corrected chi connectivity index (χ1v) is 21.0. The van der Waals surface area contributed by atoms with Crippen LogP contribution in [-0.2, 0) is 26.5 Å². The smallest absolute Gasteiger partial charge is 0.0798 e. The third kappa shape index (κ3) is 8.36. The summed E-state index contributed by atoms with van der Waals surface area (Å²) in [5.74, 6) is 0. The van der Waals surface area contributed by atoms with E-state index in [1.54, 1.807) is 0 Å². The van der Waals surface area contributed by atoms with Crippen LogP contribution in [0.1, 0.15) is 37.5 Å². The van der Waals surface area contributed by atoms with E-state index in [4.69, 9.17) is 4.98 Å². The zero-order chi connectivity index (χ0) is 34.1. The third-order valence-electron chi connectivity index (χ3n) is 8.63. The Morgan fingerprint density at radius 2 is 1.45 bits per heavy atom. The largest absolute Gasteiger partial charge is 0.305 e. The average Bonchev–Trinajstić information content (AvgIpc) is 3.45. The SMILES string of the molecule is Cc1cc(-c2[c-]cccc2)ncc1[Si](C)(C)C.Cc1cnc(-c2[c-]cc(-c3ccccc3)c3c2sc2ccccc23)cc1CC(C)(C)C.[Ir]. The van der Waals surface area contributed by atoms with Gasteiger partial charge < -0.3 is 9.97 Å². The van der Waals surface area contributed by atoms with Crippen molar-refractivity contribution in [3.63, 3.8) is 0 Å². The Kier molecular flexibility index (Phi) is 11.2. The maximum atomic E-state index is 4.84. The van der Waals surface area contributed by atoms with Gasteiger partial charge in [0.2, 0.25) is 0 Å². The van der Waals surface area contributed by atoms with Crippen LogP contribution in [0.3, 0.4) is 0 Å². The fourth-order valence-corrected chi connectivity index (χ4v) is 9.25. The van der Waals surface area contributed by atoms with E-state index in [2.05, 4.69) is 156 Å². The number of hydrogen-bond donors (Lipinski definition) is 0. The maximum absolute atomic E-state index is 4.84. The number of rotatable bonds is 5. The molecule has 7 aromatic rings. The van der Waals surface area contributed by atoms with Crippen molar-refractivity contribution in [1.82, 2.24) is 9.97 Å². The van der Waals surface area contributed by atoms with Gasteiger partial charge in [-0.3, -0.25) is 0 Å². The molecular formula is C44H44IrN2SSi-2. The van der Waals surface area contributed by atoms with E-state index in [0.717, 1.165) is 28.9 Å². The summed E-state index contributed by atoms with van der Waals surface area (Å²) in [4.78, 5) is 9.42. The Morgan fingerprint density at radius 1 is 0.755 bits per heavy atom. The number of fused-ring (bicyclic) bond motifs is 3. The van der Waals surface area contributed by atoms with Crippen LogP contribution in [0.5, 0.6) is 0 Å². The van der Waals surface area contributed by atoms with Gasteiger partial charge in [-0.15, -0.1) is 53.6 Å². The number of aryl methyl sites for hydroxylation is 2. The summed E-state index contributed by atoms with van der Waals surface area (Å²) in [5.41, 5.74) is 10.9. The second kappa shape index (κ2) is 15.0. The van der Waals surface area contributed by atoms with Crippen molar-refractivity contribution in [1.29, 1.82) is 0 Å². The molecule has 0 N–H and O–H groups in total. The van der Waals surface area contributed by atoms with Gasteiger partial charge in [0.25, 0.3) is 0 Å². The molecule has 0 spiro atoms. The fourth-order valence-electron chi connectivity index (χ4n) is 6.31. The van der Waals surface area contributed by atoms with Gasteiger partial charge in [-0.05, 0) is 64.0 Å². The Bertz CT molecular complexity index is 2190. The Labute approximate surface area is 311 Å². The summed E-state index contributed by atoms with van der Waals surface area (Å²) in [6, 6.07) is 40.8. The van der Waals surface area contributed by atoms with Gasteiger partial charge in [-0.2, -0.15) is 11.3 Å². The van der Waals surface area contributed by atoms with E-state index >= 15 is 0 Å². The van der Waals surface area contributed by atoms with Gasteiger partial charge in [0.1, 0.15) is 0 Å². The van der Waals surface area contributed by atoms with Crippen molar-refractivity contribution in [2.75, 3.05) is 0 Å². The van der Waals surface area contributed by atoms with Crippen molar-refractivity contribution in [2.45, 2.75) is 60.7 Å². The van der Waals surface area contributed by atoms with E-state index in [9.17, 15) is 0 Å². The monoisotopic (exact) mass is 853 g/mol. The number of nitrogens with zero attached hydrogens (tertiary/aromatic N) is 2. The Balaban J connectivity index is 0.000000221. The van der Waals surface area contributed by atoms with Crippen molar-refractivity contribution < 1.29 is 20.1 Å². The molecule has 0 bridgehead atoms. The molecule has 3 aromatic heterocycles. The number of pyridine rings is 2. The van der Waals surface area contributed by atoms with E-state index in [0.29, 0.717) is 0 Å². The third-order valence-corrected chi connectivity index (χ3v) is 12.0. The van der Waals surface area contributed by atoms with E-state index in [-0.39, 0.29) is 25.5 Å². The molecule has 0 saturated carbocycles. The van der Waals surface area contributed by atoms with Gasteiger partial charge in [-0.1, -0.05) is 129 Å². The van der Waals surface area contributed by atoms with Gasteiger partial charge in [-0.25, -0.2) is 0 Å². The Morgan fingerprint density at radius 3 is 2.12 bits per heavy atom. The van der Waals surface area contributed by atoms with E-state index in [1.807, 2.05) is 35.7 Å². The topological polar surface area (TPSA) is 25.8 Å². The second-order valence-corrected chi connectivity index (χ2v) is 21.0. The normalized spacial score (nSPS) is 11.6. The molecule has 5 heteroatoms. The molecule has 0 aliphatic heterocycles. The number of aromatic nitrogens is 2. The summed E-state index contributed by atoms with van der Waals surface area (Å²) in [6.45, 7) is 18.3. The first kappa shape index (κ1) is 36.5. The van der Waals surface area contributed by atoms with Crippen LogP contribution < -0.4 is 5.19 Å². The number of thiophene rings is 1. The van der Waals surface area contributed by atoms with Crippen LogP contribution in [0.2, 0.25) is 19.6 Å². The molecule has 0 aliphatic carbocycles. The molecule has 251 valence electrons. The molecule has 4 aromatic carbocycles. The Hall–Kier alpha value is -3.73. The minimum atomic E-state index is -1.27. The zero-order valence-electron chi connectivity index (χ0n) is 29.7. The van der Waals surface area contributed by atoms with Crippen molar-refractivity contribution in [3.8, 4) is 33.6 Å². The molecule has 0 fully saturated rings. The predicted octanol–water partition coefficient (Wildman–Crippen LogP) is 11.9. The van der Waals surface area contributed by atoms with E-state index in [1.165, 1.54) is 53.2 Å². The standard InChI is InChI=1S/C29H26NS.C15H18NSi.Ir/c1-19-18-30-25(16-21(19)17-29(2,3)4)23-15-14-22(20-10-6-5-7-11-20)27-24-12-8-9-13-26(24)31-28(23)27;1-12-10-14(13-8-6-5-7-9-13)16-11-15(12)17(2,3)4;/h5-14,16,18H,17H2,1-4H3;5-8,10-11H,1-4H3;/q2*-1;. The molecular weight excluding hydrogens is 809 g/mol. The molecule has 0 amide bonds. The molecule has 0 aliphatic rings. The summed E-state index contributed by atoms with van der Waals surface area (Å²) in [6.07, 6.45) is 5.11. The zero-order valence-corrected chi connectivity index (χ0v) is 33.9. The summed E-state index contributed by atoms with van der Waals surface area (Å²) >= 11 is 1.84.